The van der Waals surface area contributed by atoms with Crippen molar-refractivity contribution < 1.29 is 23.5 Å². The molecule has 2 aromatic rings. The van der Waals surface area contributed by atoms with Crippen molar-refractivity contribution in [3.63, 3.8) is 0 Å². The van der Waals surface area contributed by atoms with Gasteiger partial charge in [-0.05, 0) is 54.2 Å². The maximum absolute atomic E-state index is 13.8. The number of carbonyl (C=O) groups excluding carboxylic acids is 3. The molecule has 0 aliphatic carbocycles. The van der Waals surface area contributed by atoms with Gasteiger partial charge in [0.15, 0.2) is 12.1 Å². The second-order valence-electron chi connectivity index (χ2n) is 8.82. The topological polar surface area (TPSA) is 79.0 Å². The summed E-state index contributed by atoms with van der Waals surface area (Å²) in [6.07, 6.45) is 0.406. The predicted octanol–water partition coefficient (Wildman–Crippen LogP) is 4.10. The molecule has 7 nitrogen and oxygen atoms in total. The Kier molecular flexibility index (Phi) is 6.62. The molecule has 2 heterocycles. The van der Waals surface area contributed by atoms with Crippen molar-refractivity contribution in [1.29, 1.82) is 0 Å². The summed E-state index contributed by atoms with van der Waals surface area (Å²) in [6.45, 7) is 4.92. The number of cyclic esters (lactones) is 1. The van der Waals surface area contributed by atoms with Crippen LogP contribution in [-0.2, 0) is 20.9 Å². The zero-order valence-electron chi connectivity index (χ0n) is 18.8. The van der Waals surface area contributed by atoms with Crippen molar-refractivity contribution in [2.24, 2.45) is 5.92 Å². The van der Waals surface area contributed by atoms with E-state index in [1.54, 1.807) is 41.3 Å². The molecule has 0 radical (unpaired) electrons. The van der Waals surface area contributed by atoms with Gasteiger partial charge in [0.2, 0.25) is 11.8 Å². The molecule has 8 heteroatoms. The van der Waals surface area contributed by atoms with E-state index in [1.165, 1.54) is 24.0 Å². The number of carbonyl (C=O) groups is 3. The molecule has 3 amide bonds. The number of hydrogen-bond acceptors (Lipinski definition) is 4. The van der Waals surface area contributed by atoms with E-state index < -0.39 is 24.1 Å². The Bertz CT molecular complexity index is 1030. The summed E-state index contributed by atoms with van der Waals surface area (Å²) in [7, 11) is 0. The first-order valence-electron chi connectivity index (χ1n) is 11.2. The van der Waals surface area contributed by atoms with Gasteiger partial charge in [-0.15, -0.1) is 0 Å². The van der Waals surface area contributed by atoms with Crippen LogP contribution in [0.25, 0.3) is 0 Å². The Hall–Kier alpha value is -3.42. The molecule has 2 aliphatic heterocycles. The number of likely N-dealkylation sites (tertiary alicyclic amines) is 1. The standard InChI is InChI=1S/C25H28FN3O4/c1-16-10-12-28(13-11-16)24(31)22-23(19-6-8-21(9-7-19)27-17(2)30)33-25(32)29(22)15-18-4-3-5-20(26)14-18/h3-9,14,16,22-23H,10-13,15H2,1-2H3,(H,27,30). The van der Waals surface area contributed by atoms with Crippen molar-refractivity contribution in [2.45, 2.75) is 45.4 Å². The number of nitrogens with one attached hydrogen (secondary N) is 1. The molecule has 4 rings (SSSR count). The molecule has 0 aromatic heterocycles. The van der Waals surface area contributed by atoms with Crippen LogP contribution in [0, 0.1) is 11.7 Å². The molecule has 33 heavy (non-hydrogen) atoms. The lowest BCUT2D eigenvalue weighted by atomic mass is 9.96. The molecule has 2 saturated heterocycles. The van der Waals surface area contributed by atoms with Crippen molar-refractivity contribution in [3.8, 4) is 0 Å². The zero-order valence-corrected chi connectivity index (χ0v) is 18.8. The monoisotopic (exact) mass is 453 g/mol. The molecule has 0 saturated carbocycles. The fourth-order valence-corrected chi connectivity index (χ4v) is 4.40. The van der Waals surface area contributed by atoms with Crippen LogP contribution in [0.2, 0.25) is 0 Å². The lowest BCUT2D eigenvalue weighted by molar-refractivity contribution is -0.138. The van der Waals surface area contributed by atoms with E-state index in [-0.39, 0.29) is 18.4 Å². The van der Waals surface area contributed by atoms with E-state index in [2.05, 4.69) is 12.2 Å². The molecule has 0 bridgehead atoms. The van der Waals surface area contributed by atoms with Crippen LogP contribution >= 0.6 is 0 Å². The van der Waals surface area contributed by atoms with Gasteiger partial charge >= 0.3 is 6.09 Å². The van der Waals surface area contributed by atoms with Crippen molar-refractivity contribution in [2.75, 3.05) is 18.4 Å². The smallest absolute Gasteiger partial charge is 0.411 e. The average molecular weight is 454 g/mol. The van der Waals surface area contributed by atoms with Gasteiger partial charge in [0.25, 0.3) is 0 Å². The van der Waals surface area contributed by atoms with E-state index >= 15 is 0 Å². The first kappa shape index (κ1) is 22.8. The number of benzene rings is 2. The van der Waals surface area contributed by atoms with Crippen LogP contribution in [0.15, 0.2) is 48.5 Å². The van der Waals surface area contributed by atoms with Crippen molar-refractivity contribution in [1.82, 2.24) is 9.80 Å². The molecule has 0 spiro atoms. The third-order valence-corrected chi connectivity index (χ3v) is 6.23. The Morgan fingerprint density at radius 3 is 2.45 bits per heavy atom. The summed E-state index contributed by atoms with van der Waals surface area (Å²) in [6, 6.07) is 12.0. The summed E-state index contributed by atoms with van der Waals surface area (Å²) in [5.74, 6) is -0.210. The fourth-order valence-electron chi connectivity index (χ4n) is 4.40. The molecule has 2 aliphatic rings. The van der Waals surface area contributed by atoms with Gasteiger partial charge in [-0.1, -0.05) is 31.2 Å². The number of rotatable bonds is 5. The largest absolute Gasteiger partial charge is 0.438 e. The minimum atomic E-state index is -0.860. The molecular weight excluding hydrogens is 425 g/mol. The van der Waals surface area contributed by atoms with Crippen LogP contribution in [-0.4, -0.2) is 46.8 Å². The lowest BCUT2D eigenvalue weighted by Gasteiger charge is -2.34. The van der Waals surface area contributed by atoms with Crippen LogP contribution < -0.4 is 5.32 Å². The van der Waals surface area contributed by atoms with Gasteiger partial charge < -0.3 is 15.0 Å². The summed E-state index contributed by atoms with van der Waals surface area (Å²) >= 11 is 0. The molecular formula is C25H28FN3O4. The lowest BCUT2D eigenvalue weighted by Crippen LogP contribution is -2.50. The van der Waals surface area contributed by atoms with Crippen molar-refractivity contribution in [3.05, 3.63) is 65.5 Å². The van der Waals surface area contributed by atoms with Gasteiger partial charge in [-0.3, -0.25) is 14.5 Å². The SMILES string of the molecule is CC(=O)Nc1ccc(C2OC(=O)N(Cc3cccc(F)c3)C2C(=O)N2CCC(C)CC2)cc1. The van der Waals surface area contributed by atoms with Gasteiger partial charge in [0.1, 0.15) is 5.82 Å². The molecule has 2 unspecified atom stereocenters. The summed E-state index contributed by atoms with van der Waals surface area (Å²) < 4.78 is 19.4. The van der Waals surface area contributed by atoms with E-state index in [0.717, 1.165) is 12.8 Å². The van der Waals surface area contributed by atoms with Gasteiger partial charge in [0.05, 0.1) is 6.54 Å². The maximum atomic E-state index is 13.8. The number of amides is 3. The number of ether oxygens (including phenoxy) is 1. The Balaban J connectivity index is 1.63. The second-order valence-corrected chi connectivity index (χ2v) is 8.82. The van der Waals surface area contributed by atoms with Crippen LogP contribution in [0.1, 0.15) is 43.9 Å². The van der Waals surface area contributed by atoms with Crippen LogP contribution in [0.4, 0.5) is 14.9 Å². The Labute approximate surface area is 192 Å². The fraction of sp³-hybridized carbons (Fsp3) is 0.400. The summed E-state index contributed by atoms with van der Waals surface area (Å²) in [4.78, 5) is 41.0. The highest BCUT2D eigenvalue weighted by atomic mass is 19.1. The number of piperidine rings is 1. The highest BCUT2D eigenvalue weighted by Gasteiger charge is 2.48. The van der Waals surface area contributed by atoms with Gasteiger partial charge in [-0.2, -0.15) is 0 Å². The number of hydrogen-bond donors (Lipinski definition) is 1. The van der Waals surface area contributed by atoms with E-state index in [0.29, 0.717) is 35.8 Å². The first-order valence-corrected chi connectivity index (χ1v) is 11.2. The first-order chi connectivity index (χ1) is 15.8. The molecule has 2 atom stereocenters. The predicted molar refractivity (Wildman–Crippen MR) is 121 cm³/mol. The quantitative estimate of drug-likeness (QED) is 0.739. The highest BCUT2D eigenvalue weighted by Crippen LogP contribution is 2.36. The van der Waals surface area contributed by atoms with E-state index in [4.69, 9.17) is 4.74 Å². The number of halogens is 1. The normalized spacial score (nSPS) is 21.1. The van der Waals surface area contributed by atoms with E-state index in [9.17, 15) is 18.8 Å². The maximum Gasteiger partial charge on any atom is 0.411 e. The molecule has 174 valence electrons. The molecule has 1 N–H and O–H groups in total. The highest BCUT2D eigenvalue weighted by molar-refractivity contribution is 5.90. The van der Waals surface area contributed by atoms with Crippen molar-refractivity contribution >= 4 is 23.6 Å². The van der Waals surface area contributed by atoms with E-state index in [1.807, 2.05) is 0 Å². The van der Waals surface area contributed by atoms with Gasteiger partial charge in [-0.25, -0.2) is 9.18 Å². The number of nitrogens with zero attached hydrogens (tertiary/aromatic N) is 2. The number of anilines is 1. The third kappa shape index (κ3) is 5.16. The van der Waals surface area contributed by atoms with Gasteiger partial charge in [0, 0.05) is 25.7 Å². The minimum absolute atomic E-state index is 0.0672. The molecule has 2 fully saturated rings. The van der Waals surface area contributed by atoms with Crippen LogP contribution in [0.5, 0.6) is 0 Å². The zero-order chi connectivity index (χ0) is 23.5. The molecule has 2 aromatic carbocycles. The Morgan fingerprint density at radius 2 is 1.82 bits per heavy atom. The average Bonchev–Trinajstić information content (AvgIpc) is 3.10. The third-order valence-electron chi connectivity index (χ3n) is 6.23. The van der Waals surface area contributed by atoms with Crippen LogP contribution in [0.3, 0.4) is 0 Å². The second kappa shape index (κ2) is 9.60. The Morgan fingerprint density at radius 1 is 1.12 bits per heavy atom. The summed E-state index contributed by atoms with van der Waals surface area (Å²) in [5, 5.41) is 2.70. The minimum Gasteiger partial charge on any atom is -0.438 e. The summed E-state index contributed by atoms with van der Waals surface area (Å²) in [5.41, 5.74) is 1.85.